The van der Waals surface area contributed by atoms with Gasteiger partial charge in [-0.25, -0.2) is 13.2 Å². The number of hydrogen-bond acceptors (Lipinski definition) is 6. The van der Waals surface area contributed by atoms with E-state index < -0.39 is 21.7 Å². The lowest BCUT2D eigenvalue weighted by molar-refractivity contribution is 0.0694. The largest absolute Gasteiger partial charge is 0.507 e. The van der Waals surface area contributed by atoms with Crippen molar-refractivity contribution in [1.29, 1.82) is 0 Å². The number of pyridine rings is 1. The Hall–Kier alpha value is -2.62. The maximum Gasteiger partial charge on any atom is 0.339 e. The molecule has 3 rings (SSSR count). The first-order chi connectivity index (χ1) is 12.3. The molecule has 7 nitrogen and oxygen atoms in total. The van der Waals surface area contributed by atoms with Gasteiger partial charge in [-0.3, -0.25) is 9.71 Å². The lowest BCUT2D eigenvalue weighted by atomic mass is 10.2. The van der Waals surface area contributed by atoms with Crippen molar-refractivity contribution < 1.29 is 23.4 Å². The van der Waals surface area contributed by atoms with Gasteiger partial charge < -0.3 is 10.2 Å². The quantitative estimate of drug-likeness (QED) is 0.590. The van der Waals surface area contributed by atoms with Crippen molar-refractivity contribution >= 4 is 44.6 Å². The molecule has 3 aromatic rings. The highest BCUT2D eigenvalue weighted by Crippen LogP contribution is 2.38. The van der Waals surface area contributed by atoms with Crippen molar-refractivity contribution in [1.82, 2.24) is 4.98 Å². The molecule has 0 aliphatic heterocycles. The van der Waals surface area contributed by atoms with Crippen LogP contribution in [-0.2, 0) is 10.0 Å². The number of phenols is 1. The first-order valence-corrected chi connectivity index (χ1v) is 9.74. The van der Waals surface area contributed by atoms with Crippen LogP contribution in [0.5, 0.6) is 5.75 Å². The Morgan fingerprint density at radius 2 is 2.00 bits per heavy atom. The Labute approximate surface area is 157 Å². The van der Waals surface area contributed by atoms with Crippen LogP contribution in [0.4, 0.5) is 5.69 Å². The average Bonchev–Trinajstić information content (AvgIpc) is 2.98. The number of hydrogen-bond donors (Lipinski definition) is 3. The summed E-state index contributed by atoms with van der Waals surface area (Å²) in [4.78, 5) is 14.9. The zero-order valence-electron chi connectivity index (χ0n) is 12.9. The van der Waals surface area contributed by atoms with Crippen molar-refractivity contribution in [3.63, 3.8) is 0 Å². The van der Waals surface area contributed by atoms with Crippen LogP contribution in [0, 0.1) is 0 Å². The summed E-state index contributed by atoms with van der Waals surface area (Å²) in [5.74, 6) is -1.86. The number of benzene rings is 1. The zero-order chi connectivity index (χ0) is 18.9. The highest BCUT2D eigenvalue weighted by atomic mass is 35.5. The molecule has 0 amide bonds. The summed E-state index contributed by atoms with van der Waals surface area (Å²) < 4.78 is 27.7. The lowest BCUT2D eigenvalue weighted by Crippen LogP contribution is -2.11. The van der Waals surface area contributed by atoms with Crippen LogP contribution in [0.25, 0.3) is 11.1 Å². The summed E-state index contributed by atoms with van der Waals surface area (Å²) in [7, 11) is -3.97. The fourth-order valence-electron chi connectivity index (χ4n) is 2.18. The van der Waals surface area contributed by atoms with Crippen LogP contribution in [0.2, 0.25) is 4.34 Å². The van der Waals surface area contributed by atoms with Crippen LogP contribution < -0.4 is 4.72 Å². The van der Waals surface area contributed by atoms with E-state index >= 15 is 0 Å². The topological polar surface area (TPSA) is 117 Å². The summed E-state index contributed by atoms with van der Waals surface area (Å²) in [5, 5.41) is 18.6. The van der Waals surface area contributed by atoms with Gasteiger partial charge in [0.05, 0.1) is 5.69 Å². The van der Waals surface area contributed by atoms with E-state index in [1.54, 1.807) is 24.5 Å². The monoisotopic (exact) mass is 410 g/mol. The van der Waals surface area contributed by atoms with Crippen molar-refractivity contribution in [3.8, 4) is 16.9 Å². The number of aromatic hydroxyl groups is 1. The van der Waals surface area contributed by atoms with Crippen LogP contribution >= 0.6 is 22.9 Å². The molecular formula is C16H11ClN2O5S2. The molecule has 0 aliphatic carbocycles. The number of nitrogens with one attached hydrogen (secondary N) is 1. The third-order valence-corrected chi connectivity index (χ3v) is 6.60. The van der Waals surface area contributed by atoms with E-state index in [1.165, 1.54) is 12.1 Å². The number of carbonyl (C=O) groups is 1. The maximum absolute atomic E-state index is 12.6. The van der Waals surface area contributed by atoms with Crippen molar-refractivity contribution in [3.05, 3.63) is 58.7 Å². The highest BCUT2D eigenvalue weighted by molar-refractivity contribution is 7.94. The van der Waals surface area contributed by atoms with Crippen molar-refractivity contribution in [2.75, 3.05) is 4.72 Å². The predicted octanol–water partition coefficient (Wildman–Crippen LogP) is 3.67. The first kappa shape index (κ1) is 18.2. The third-order valence-electron chi connectivity index (χ3n) is 3.38. The van der Waals surface area contributed by atoms with Crippen molar-refractivity contribution in [2.45, 2.75) is 4.21 Å². The fraction of sp³-hybridized carbons (Fsp3) is 0. The number of halogens is 1. The van der Waals surface area contributed by atoms with E-state index in [0.717, 1.165) is 23.5 Å². The van der Waals surface area contributed by atoms with Crippen molar-refractivity contribution in [2.24, 2.45) is 0 Å². The molecule has 1 aromatic carbocycles. The Balaban J connectivity index is 1.92. The summed E-state index contributed by atoms with van der Waals surface area (Å²) in [5.41, 5.74) is 0.916. The van der Waals surface area contributed by atoms with Crippen LogP contribution in [0.3, 0.4) is 0 Å². The fourth-order valence-corrected chi connectivity index (χ4v) is 5.00. The molecule has 0 saturated heterocycles. The van der Waals surface area contributed by atoms with Gasteiger partial charge in [-0.15, -0.1) is 11.3 Å². The number of aromatic nitrogens is 1. The highest BCUT2D eigenvalue weighted by Gasteiger charge is 2.21. The second-order valence-corrected chi connectivity index (χ2v) is 8.70. The molecule has 26 heavy (non-hydrogen) atoms. The SMILES string of the molecule is O=C(O)c1ccc(NS(=O)(=O)c2cc(-c3cccnc3)c(Cl)s2)cc1O. The van der Waals surface area contributed by atoms with E-state index in [0.29, 0.717) is 15.5 Å². The summed E-state index contributed by atoms with van der Waals surface area (Å²) >= 11 is 7.04. The number of nitrogens with zero attached hydrogens (tertiary/aromatic N) is 1. The zero-order valence-corrected chi connectivity index (χ0v) is 15.3. The molecule has 2 heterocycles. The first-order valence-electron chi connectivity index (χ1n) is 7.07. The number of sulfonamides is 1. The molecular weight excluding hydrogens is 400 g/mol. The van der Waals surface area contributed by atoms with Gasteiger partial charge in [0.1, 0.15) is 19.9 Å². The molecule has 0 fully saturated rings. The normalized spacial score (nSPS) is 11.3. The number of carboxylic acids is 1. The van der Waals surface area contributed by atoms with E-state index in [1.807, 2.05) is 0 Å². The standard InChI is InChI=1S/C16H11ClN2O5S2/c17-15-12(9-2-1-5-18-8-9)7-14(25-15)26(23,24)19-10-3-4-11(16(21)22)13(20)6-10/h1-8,19-20H,(H,21,22). The van der Waals surface area contributed by atoms with Gasteiger partial charge >= 0.3 is 5.97 Å². The van der Waals surface area contributed by atoms with E-state index in [9.17, 15) is 18.3 Å². The van der Waals surface area contributed by atoms with Crippen LogP contribution in [-0.4, -0.2) is 29.6 Å². The Morgan fingerprint density at radius 3 is 2.62 bits per heavy atom. The molecule has 0 bridgehead atoms. The number of carboxylic acid groups (broad SMARTS) is 1. The molecule has 0 aliphatic rings. The van der Waals surface area contributed by atoms with Gasteiger partial charge in [-0.1, -0.05) is 17.7 Å². The van der Waals surface area contributed by atoms with Gasteiger partial charge in [0.15, 0.2) is 0 Å². The van der Waals surface area contributed by atoms with Gasteiger partial charge in [-0.2, -0.15) is 0 Å². The molecule has 0 unspecified atom stereocenters. The number of rotatable bonds is 5. The average molecular weight is 411 g/mol. The van der Waals surface area contributed by atoms with Gasteiger partial charge in [0.2, 0.25) is 0 Å². The van der Waals surface area contributed by atoms with Gasteiger partial charge in [0.25, 0.3) is 10.0 Å². The van der Waals surface area contributed by atoms with Crippen LogP contribution in [0.1, 0.15) is 10.4 Å². The summed E-state index contributed by atoms with van der Waals surface area (Å²) in [6.45, 7) is 0. The molecule has 0 atom stereocenters. The molecule has 2 aromatic heterocycles. The summed E-state index contributed by atoms with van der Waals surface area (Å²) in [6, 6.07) is 8.28. The van der Waals surface area contributed by atoms with Gasteiger partial charge in [0, 0.05) is 29.6 Å². The minimum Gasteiger partial charge on any atom is -0.507 e. The number of anilines is 1. The molecule has 0 radical (unpaired) electrons. The number of thiophene rings is 1. The Bertz CT molecular complexity index is 1080. The van der Waals surface area contributed by atoms with E-state index in [-0.39, 0.29) is 15.5 Å². The second kappa shape index (κ2) is 6.94. The van der Waals surface area contributed by atoms with E-state index in [4.69, 9.17) is 16.7 Å². The molecule has 3 N–H and O–H groups in total. The smallest absolute Gasteiger partial charge is 0.339 e. The predicted molar refractivity (Wildman–Crippen MR) is 98.4 cm³/mol. The van der Waals surface area contributed by atoms with Gasteiger partial charge in [-0.05, 0) is 24.3 Å². The minimum absolute atomic E-state index is 0.0249. The van der Waals surface area contributed by atoms with E-state index in [2.05, 4.69) is 9.71 Å². The molecule has 134 valence electrons. The third kappa shape index (κ3) is 3.64. The maximum atomic E-state index is 12.6. The number of aromatic carboxylic acids is 1. The Kier molecular flexibility index (Phi) is 4.86. The molecule has 10 heteroatoms. The minimum atomic E-state index is -3.97. The lowest BCUT2D eigenvalue weighted by Gasteiger charge is -2.07. The second-order valence-electron chi connectivity index (χ2n) is 5.14. The molecule has 0 saturated carbocycles. The summed E-state index contributed by atoms with van der Waals surface area (Å²) in [6.07, 6.45) is 3.16. The molecule has 0 spiro atoms. The Morgan fingerprint density at radius 1 is 1.23 bits per heavy atom. The van der Waals surface area contributed by atoms with Crippen LogP contribution in [0.15, 0.2) is 53.0 Å².